The van der Waals surface area contributed by atoms with Gasteiger partial charge in [-0.05, 0) is 63.0 Å². The van der Waals surface area contributed by atoms with Gasteiger partial charge in [0.2, 0.25) is 0 Å². The lowest BCUT2D eigenvalue weighted by Crippen LogP contribution is -2.32. The Morgan fingerprint density at radius 3 is 2.61 bits per heavy atom. The molecule has 0 spiro atoms. The number of aliphatic hydroxyl groups excluding tert-OH is 1. The molecule has 1 unspecified atom stereocenters. The number of ketones is 1. The first-order chi connectivity index (χ1) is 15.8. The van der Waals surface area contributed by atoms with Gasteiger partial charge in [-0.25, -0.2) is 0 Å². The zero-order valence-electron chi connectivity index (χ0n) is 19.0. The predicted octanol–water partition coefficient (Wildman–Crippen LogP) is 3.54. The van der Waals surface area contributed by atoms with Gasteiger partial charge >= 0.3 is 0 Å². The summed E-state index contributed by atoms with van der Waals surface area (Å²) in [5.74, 6) is -0.753. The average molecular weight is 470 g/mol. The van der Waals surface area contributed by atoms with Crippen molar-refractivity contribution in [2.75, 3.05) is 52.3 Å². The largest absolute Gasteiger partial charge is 0.507 e. The van der Waals surface area contributed by atoms with Crippen LogP contribution in [0, 0.1) is 0 Å². The molecule has 0 aliphatic carbocycles. The van der Waals surface area contributed by atoms with Gasteiger partial charge in [-0.2, -0.15) is 0 Å². The minimum Gasteiger partial charge on any atom is -0.507 e. The molecular formula is C25H28ClN3O4. The van der Waals surface area contributed by atoms with Crippen LogP contribution < -0.4 is 9.64 Å². The molecule has 0 saturated carbocycles. The van der Waals surface area contributed by atoms with Gasteiger partial charge in [-0.1, -0.05) is 23.7 Å². The highest BCUT2D eigenvalue weighted by Crippen LogP contribution is 2.41. The number of likely N-dealkylation sites (tertiary alicyclic amines) is 1. The number of anilines is 1. The molecule has 1 fully saturated rings. The average Bonchev–Trinajstić information content (AvgIpc) is 3.04. The number of rotatable bonds is 6. The molecule has 1 N–H and O–H groups in total. The van der Waals surface area contributed by atoms with E-state index in [0.717, 1.165) is 30.1 Å². The van der Waals surface area contributed by atoms with Crippen molar-refractivity contribution in [2.24, 2.45) is 0 Å². The van der Waals surface area contributed by atoms with E-state index in [9.17, 15) is 14.7 Å². The van der Waals surface area contributed by atoms with E-state index in [0.29, 0.717) is 30.2 Å². The van der Waals surface area contributed by atoms with Gasteiger partial charge in [0.25, 0.3) is 11.7 Å². The molecule has 4 rings (SSSR count). The van der Waals surface area contributed by atoms with E-state index < -0.39 is 17.7 Å². The number of ether oxygens (including phenoxy) is 1. The molecule has 0 aromatic heterocycles. The van der Waals surface area contributed by atoms with Crippen molar-refractivity contribution < 1.29 is 19.4 Å². The van der Waals surface area contributed by atoms with E-state index in [2.05, 4.69) is 0 Å². The van der Waals surface area contributed by atoms with Crippen LogP contribution in [-0.4, -0.2) is 74.0 Å². The molecule has 2 aliphatic heterocycles. The van der Waals surface area contributed by atoms with E-state index in [4.69, 9.17) is 16.3 Å². The molecule has 174 valence electrons. The van der Waals surface area contributed by atoms with Gasteiger partial charge in [0.05, 0.1) is 23.8 Å². The molecule has 7 nitrogen and oxygen atoms in total. The highest BCUT2D eigenvalue weighted by Gasteiger charge is 2.45. The van der Waals surface area contributed by atoms with E-state index in [1.807, 2.05) is 30.9 Å². The molecule has 2 aromatic carbocycles. The summed E-state index contributed by atoms with van der Waals surface area (Å²) in [5.41, 5.74) is 2.11. The minimum atomic E-state index is -0.686. The number of amides is 1. The first-order valence-corrected chi connectivity index (χ1v) is 11.3. The maximum atomic E-state index is 13.2. The number of likely N-dealkylation sites (N-methyl/N-ethyl adjacent to an activating group) is 1. The van der Waals surface area contributed by atoms with Crippen molar-refractivity contribution in [3.63, 3.8) is 0 Å². The Bertz CT molecular complexity index is 1100. The summed E-state index contributed by atoms with van der Waals surface area (Å²) in [6, 6.07) is 11.6. The van der Waals surface area contributed by atoms with E-state index in [-0.39, 0.29) is 11.3 Å². The van der Waals surface area contributed by atoms with Gasteiger partial charge < -0.3 is 24.5 Å². The van der Waals surface area contributed by atoms with Crippen molar-refractivity contribution in [2.45, 2.75) is 12.5 Å². The molecule has 2 aliphatic rings. The molecular weight excluding hydrogens is 442 g/mol. The molecule has 0 bridgehead atoms. The molecule has 2 aromatic rings. The van der Waals surface area contributed by atoms with Crippen LogP contribution in [0.5, 0.6) is 5.75 Å². The maximum absolute atomic E-state index is 13.2. The number of carbonyl (C=O) groups excluding carboxylic acids is 2. The van der Waals surface area contributed by atoms with Crippen LogP contribution in [0.25, 0.3) is 5.76 Å². The number of benzene rings is 2. The Morgan fingerprint density at radius 1 is 1.18 bits per heavy atom. The molecule has 1 atom stereocenters. The van der Waals surface area contributed by atoms with E-state index in [1.165, 1.54) is 0 Å². The quantitative estimate of drug-likeness (QED) is 0.396. The summed E-state index contributed by atoms with van der Waals surface area (Å²) in [7, 11) is 5.87. The van der Waals surface area contributed by atoms with Crippen LogP contribution in [0.3, 0.4) is 0 Å². The highest BCUT2D eigenvalue weighted by atomic mass is 35.5. The lowest BCUT2D eigenvalue weighted by Gasteiger charge is -2.28. The summed E-state index contributed by atoms with van der Waals surface area (Å²) in [5, 5.41) is 11.9. The van der Waals surface area contributed by atoms with Crippen molar-refractivity contribution in [3.8, 4) is 5.75 Å². The zero-order valence-corrected chi connectivity index (χ0v) is 19.8. The Balaban J connectivity index is 1.79. The Labute approximate surface area is 198 Å². The normalized spacial score (nSPS) is 19.7. The highest BCUT2D eigenvalue weighted by molar-refractivity contribution is 6.46. The lowest BCUT2D eigenvalue weighted by molar-refractivity contribution is -0.139. The van der Waals surface area contributed by atoms with Crippen molar-refractivity contribution in [1.82, 2.24) is 9.80 Å². The van der Waals surface area contributed by atoms with Crippen LogP contribution in [0.4, 0.5) is 5.69 Å². The number of hydrogen-bond acceptors (Lipinski definition) is 6. The van der Waals surface area contributed by atoms with Gasteiger partial charge in [-0.3, -0.25) is 9.59 Å². The molecule has 1 saturated heterocycles. The molecule has 1 amide bonds. The van der Waals surface area contributed by atoms with Crippen LogP contribution in [0.1, 0.15) is 23.6 Å². The number of hydrogen-bond donors (Lipinski definition) is 1. The lowest BCUT2D eigenvalue weighted by atomic mass is 9.95. The fourth-order valence-corrected chi connectivity index (χ4v) is 4.44. The van der Waals surface area contributed by atoms with Gasteiger partial charge in [0.15, 0.2) is 0 Å². The number of fused-ring (bicyclic) bond motifs is 1. The number of carbonyl (C=O) groups is 2. The summed E-state index contributed by atoms with van der Waals surface area (Å²) >= 11 is 6.08. The maximum Gasteiger partial charge on any atom is 0.295 e. The van der Waals surface area contributed by atoms with Gasteiger partial charge in [0.1, 0.15) is 18.1 Å². The topological polar surface area (TPSA) is 73.3 Å². The third kappa shape index (κ3) is 4.56. The second-order valence-electron chi connectivity index (χ2n) is 8.65. The first-order valence-electron chi connectivity index (χ1n) is 10.9. The Morgan fingerprint density at radius 2 is 1.91 bits per heavy atom. The van der Waals surface area contributed by atoms with E-state index in [1.54, 1.807) is 47.4 Å². The second kappa shape index (κ2) is 9.45. The number of aliphatic hydroxyl groups is 1. The van der Waals surface area contributed by atoms with Crippen molar-refractivity contribution in [1.29, 1.82) is 0 Å². The minimum absolute atomic E-state index is 0.0894. The van der Waals surface area contributed by atoms with Crippen molar-refractivity contribution >= 4 is 34.7 Å². The van der Waals surface area contributed by atoms with E-state index >= 15 is 0 Å². The van der Waals surface area contributed by atoms with Crippen LogP contribution in [0.2, 0.25) is 5.02 Å². The van der Waals surface area contributed by atoms with Gasteiger partial charge in [-0.15, -0.1) is 0 Å². The summed E-state index contributed by atoms with van der Waals surface area (Å²) in [4.78, 5) is 31.8. The van der Waals surface area contributed by atoms with Crippen LogP contribution >= 0.6 is 11.6 Å². The predicted molar refractivity (Wildman–Crippen MR) is 129 cm³/mol. The first kappa shape index (κ1) is 23.1. The second-order valence-corrected chi connectivity index (χ2v) is 9.09. The number of Topliss-reactive ketones (excluding diaryl/α,β-unsaturated/α-hetero) is 1. The standard InChI is InChI=1S/C25H28ClN3O4/c1-27(2)11-4-12-29-22(16-5-8-18(26)9-6-16)21(24(31)25(29)32)23(30)17-7-10-20-19(15-17)28(3)13-14-33-20/h5-10,15,22,30H,4,11-14H2,1-3H3/b23-21-. The van der Waals surface area contributed by atoms with Crippen LogP contribution in [0.15, 0.2) is 48.0 Å². The fraction of sp³-hybridized carbons (Fsp3) is 0.360. The fourth-order valence-electron chi connectivity index (χ4n) is 4.31. The summed E-state index contributed by atoms with van der Waals surface area (Å²) < 4.78 is 5.69. The molecule has 2 heterocycles. The SMILES string of the molecule is CN(C)CCCN1C(=O)C(=O)/C(=C(\O)c2ccc3c(c2)N(C)CCO3)C1c1ccc(Cl)cc1. The number of halogens is 1. The monoisotopic (exact) mass is 469 g/mol. The van der Waals surface area contributed by atoms with Crippen molar-refractivity contribution in [3.05, 3.63) is 64.2 Å². The Kier molecular flexibility index (Phi) is 6.63. The summed E-state index contributed by atoms with van der Waals surface area (Å²) in [6.45, 7) is 2.47. The molecule has 33 heavy (non-hydrogen) atoms. The van der Waals surface area contributed by atoms with Gasteiger partial charge in [0, 0.05) is 24.2 Å². The van der Waals surface area contributed by atoms with Crippen LogP contribution in [-0.2, 0) is 9.59 Å². The molecule has 8 heteroatoms. The third-order valence-electron chi connectivity index (χ3n) is 6.06. The zero-order chi connectivity index (χ0) is 23.7. The number of nitrogens with zero attached hydrogens (tertiary/aromatic N) is 3. The smallest absolute Gasteiger partial charge is 0.295 e. The third-order valence-corrected chi connectivity index (χ3v) is 6.31. The molecule has 0 radical (unpaired) electrons. The summed E-state index contributed by atoms with van der Waals surface area (Å²) in [6.07, 6.45) is 0.700. The Hall–Kier alpha value is -3.03.